The van der Waals surface area contributed by atoms with Gasteiger partial charge < -0.3 is 4.74 Å². The van der Waals surface area contributed by atoms with Gasteiger partial charge in [-0.15, -0.1) is 11.3 Å². The number of hydrogen-bond acceptors (Lipinski definition) is 6. The van der Waals surface area contributed by atoms with Gasteiger partial charge >= 0.3 is 5.97 Å². The van der Waals surface area contributed by atoms with Crippen molar-refractivity contribution in [2.45, 2.75) is 13.8 Å². The zero-order chi connectivity index (χ0) is 20.1. The monoisotopic (exact) mass is 398 g/mol. The first kappa shape index (κ1) is 19.3. The molecule has 28 heavy (non-hydrogen) atoms. The molecule has 144 valence electrons. The van der Waals surface area contributed by atoms with E-state index in [2.05, 4.69) is 16.0 Å². The van der Waals surface area contributed by atoms with Crippen LogP contribution in [-0.4, -0.2) is 34.2 Å². The molecule has 0 unspecified atom stereocenters. The number of rotatable bonds is 5. The third-order valence-electron chi connectivity index (χ3n) is 3.89. The Hall–Kier alpha value is -3.46. The summed E-state index contributed by atoms with van der Waals surface area (Å²) in [5, 5.41) is 6.12. The lowest BCUT2D eigenvalue weighted by Gasteiger charge is -2.08. The molecule has 0 aliphatic heterocycles. The molecule has 9 heteroatoms. The van der Waals surface area contributed by atoms with Crippen LogP contribution in [0.4, 0.5) is 0 Å². The molecule has 0 atom stereocenters. The highest BCUT2D eigenvalue weighted by Gasteiger charge is 2.21. The number of aromatic nitrogens is 2. The summed E-state index contributed by atoms with van der Waals surface area (Å²) in [6.07, 6.45) is 0. The highest BCUT2D eigenvalue weighted by Crippen LogP contribution is 2.18. The highest BCUT2D eigenvalue weighted by molar-refractivity contribution is 7.12. The van der Waals surface area contributed by atoms with Crippen LogP contribution < -0.4 is 10.9 Å². The number of ether oxygens (including phenoxy) is 1. The zero-order valence-corrected chi connectivity index (χ0v) is 16.1. The Labute approximate surface area is 165 Å². The first-order valence-electron chi connectivity index (χ1n) is 8.39. The third-order valence-corrected chi connectivity index (χ3v) is 4.76. The molecule has 0 fully saturated rings. The molecule has 0 aliphatic carbocycles. The Morgan fingerprint density at radius 3 is 2.50 bits per heavy atom. The van der Waals surface area contributed by atoms with E-state index in [4.69, 9.17) is 4.74 Å². The van der Waals surface area contributed by atoms with Crippen LogP contribution in [0.5, 0.6) is 0 Å². The molecule has 0 bridgehead atoms. The number of nitrogens with zero attached hydrogens (tertiary/aromatic N) is 2. The summed E-state index contributed by atoms with van der Waals surface area (Å²) in [5.74, 6) is -1.74. The molecule has 0 saturated heterocycles. The molecular formula is C19H18N4O4S. The van der Waals surface area contributed by atoms with Gasteiger partial charge in [0.25, 0.3) is 11.8 Å². The number of para-hydroxylation sites is 1. The molecular weight excluding hydrogens is 380 g/mol. The number of esters is 1. The van der Waals surface area contributed by atoms with E-state index in [1.54, 1.807) is 36.0 Å². The molecule has 2 heterocycles. The van der Waals surface area contributed by atoms with E-state index in [0.29, 0.717) is 21.8 Å². The molecule has 2 aromatic heterocycles. The summed E-state index contributed by atoms with van der Waals surface area (Å²) in [6.45, 7) is 2.92. The van der Waals surface area contributed by atoms with Crippen molar-refractivity contribution in [2.75, 3.05) is 6.61 Å². The number of carbonyl (C=O) groups is 3. The number of nitrogens with one attached hydrogen (secondary N) is 2. The van der Waals surface area contributed by atoms with Gasteiger partial charge in [0.05, 0.1) is 22.0 Å². The van der Waals surface area contributed by atoms with E-state index in [-0.39, 0.29) is 0 Å². The van der Waals surface area contributed by atoms with Gasteiger partial charge in [-0.1, -0.05) is 24.3 Å². The van der Waals surface area contributed by atoms with Crippen LogP contribution in [-0.2, 0) is 9.53 Å². The number of hydrazine groups is 1. The van der Waals surface area contributed by atoms with E-state index in [1.165, 1.54) is 11.3 Å². The predicted molar refractivity (Wildman–Crippen MR) is 103 cm³/mol. The Morgan fingerprint density at radius 2 is 1.82 bits per heavy atom. The average molecular weight is 398 g/mol. The number of amides is 2. The van der Waals surface area contributed by atoms with Crippen LogP contribution in [0.25, 0.3) is 5.69 Å². The molecule has 3 rings (SSSR count). The van der Waals surface area contributed by atoms with E-state index in [1.807, 2.05) is 30.3 Å². The lowest BCUT2D eigenvalue weighted by atomic mass is 10.2. The third kappa shape index (κ3) is 4.26. The molecule has 2 N–H and O–H groups in total. The van der Waals surface area contributed by atoms with Gasteiger partial charge in [0.15, 0.2) is 6.61 Å². The standard InChI is InChI=1S/C19H18N4O4S/c1-12-17(13(2)23(22-12)14-7-4-3-5-8-14)19(26)27-11-16(24)20-21-18(25)15-9-6-10-28-15/h3-10H,11H2,1-2H3,(H,20,24)(H,21,25). The number of benzene rings is 1. The van der Waals surface area contributed by atoms with Gasteiger partial charge in [-0.2, -0.15) is 5.10 Å². The van der Waals surface area contributed by atoms with Crippen LogP contribution in [0.3, 0.4) is 0 Å². The molecule has 0 saturated carbocycles. The molecule has 1 aromatic carbocycles. The predicted octanol–water partition coefficient (Wildman–Crippen LogP) is 2.17. The maximum Gasteiger partial charge on any atom is 0.342 e. The molecule has 0 spiro atoms. The maximum atomic E-state index is 12.4. The van der Waals surface area contributed by atoms with Gasteiger partial charge in [-0.05, 0) is 37.4 Å². The van der Waals surface area contributed by atoms with Crippen molar-refractivity contribution in [1.29, 1.82) is 0 Å². The summed E-state index contributed by atoms with van der Waals surface area (Å²) in [6, 6.07) is 12.7. The molecule has 8 nitrogen and oxygen atoms in total. The largest absolute Gasteiger partial charge is 0.452 e. The quantitative estimate of drug-likeness (QED) is 0.507. The van der Waals surface area contributed by atoms with Crippen LogP contribution in [0.2, 0.25) is 0 Å². The molecule has 0 aliphatic rings. The fourth-order valence-electron chi connectivity index (χ4n) is 2.59. The Morgan fingerprint density at radius 1 is 1.07 bits per heavy atom. The summed E-state index contributed by atoms with van der Waals surface area (Å²) < 4.78 is 6.72. The van der Waals surface area contributed by atoms with Gasteiger partial charge in [0.2, 0.25) is 0 Å². The fraction of sp³-hybridized carbons (Fsp3) is 0.158. The van der Waals surface area contributed by atoms with Crippen LogP contribution in [0.15, 0.2) is 47.8 Å². The highest BCUT2D eigenvalue weighted by atomic mass is 32.1. The van der Waals surface area contributed by atoms with E-state index in [0.717, 1.165) is 5.69 Å². The smallest absolute Gasteiger partial charge is 0.342 e. The topological polar surface area (TPSA) is 102 Å². The van der Waals surface area contributed by atoms with Gasteiger partial charge in [0, 0.05) is 0 Å². The first-order chi connectivity index (χ1) is 13.5. The lowest BCUT2D eigenvalue weighted by Crippen LogP contribution is -2.43. The summed E-state index contributed by atoms with van der Waals surface area (Å²) >= 11 is 1.24. The summed E-state index contributed by atoms with van der Waals surface area (Å²) in [7, 11) is 0. The van der Waals surface area contributed by atoms with Crippen molar-refractivity contribution in [1.82, 2.24) is 20.6 Å². The summed E-state index contributed by atoms with van der Waals surface area (Å²) in [5.41, 5.74) is 6.70. The second-order valence-electron chi connectivity index (χ2n) is 5.85. The van der Waals surface area contributed by atoms with Crippen molar-refractivity contribution in [2.24, 2.45) is 0 Å². The second-order valence-corrected chi connectivity index (χ2v) is 6.80. The zero-order valence-electron chi connectivity index (χ0n) is 15.3. The second kappa shape index (κ2) is 8.49. The number of thiophene rings is 1. The fourth-order valence-corrected chi connectivity index (χ4v) is 3.21. The minimum Gasteiger partial charge on any atom is -0.452 e. The van der Waals surface area contributed by atoms with Gasteiger partial charge in [0.1, 0.15) is 5.56 Å². The number of hydrogen-bond donors (Lipinski definition) is 2. The number of aryl methyl sites for hydroxylation is 1. The van der Waals surface area contributed by atoms with Crippen molar-refractivity contribution >= 4 is 29.1 Å². The lowest BCUT2D eigenvalue weighted by molar-refractivity contribution is -0.125. The normalized spacial score (nSPS) is 10.4. The van der Waals surface area contributed by atoms with Crippen molar-refractivity contribution in [3.63, 3.8) is 0 Å². The van der Waals surface area contributed by atoms with E-state index < -0.39 is 24.4 Å². The maximum absolute atomic E-state index is 12.4. The SMILES string of the molecule is Cc1nn(-c2ccccc2)c(C)c1C(=O)OCC(=O)NNC(=O)c1cccs1. The first-order valence-corrected chi connectivity index (χ1v) is 9.27. The molecule has 0 radical (unpaired) electrons. The Kier molecular flexibility index (Phi) is 5.85. The minimum absolute atomic E-state index is 0.305. The average Bonchev–Trinajstić information content (AvgIpc) is 3.33. The van der Waals surface area contributed by atoms with Crippen LogP contribution >= 0.6 is 11.3 Å². The van der Waals surface area contributed by atoms with Crippen molar-refractivity contribution in [3.8, 4) is 5.69 Å². The Bertz CT molecular complexity index is 997. The Balaban J connectivity index is 1.58. The number of carbonyl (C=O) groups excluding carboxylic acids is 3. The van der Waals surface area contributed by atoms with Gasteiger partial charge in [-0.25, -0.2) is 9.48 Å². The summed E-state index contributed by atoms with van der Waals surface area (Å²) in [4.78, 5) is 36.5. The van der Waals surface area contributed by atoms with Crippen molar-refractivity contribution in [3.05, 3.63) is 69.7 Å². The van der Waals surface area contributed by atoms with Gasteiger partial charge in [-0.3, -0.25) is 20.4 Å². The minimum atomic E-state index is -0.656. The molecule has 2 amide bonds. The van der Waals surface area contributed by atoms with E-state index >= 15 is 0 Å². The van der Waals surface area contributed by atoms with Crippen LogP contribution in [0, 0.1) is 13.8 Å². The van der Waals surface area contributed by atoms with Crippen LogP contribution in [0.1, 0.15) is 31.4 Å². The van der Waals surface area contributed by atoms with E-state index in [9.17, 15) is 14.4 Å². The van der Waals surface area contributed by atoms with Crippen molar-refractivity contribution < 1.29 is 19.1 Å². The molecule has 3 aromatic rings.